The standard InChI is InChI=1S/C13H18NO2/c1-2-10-16-13(15)8-9-14-11-12-6-4-3-5-7-12/h3-7H,2,8-11H2,1H3. The molecule has 0 saturated carbocycles. The van der Waals surface area contributed by atoms with Crippen LogP contribution in [-0.2, 0) is 16.1 Å². The molecule has 0 bridgehead atoms. The molecule has 0 aliphatic carbocycles. The third kappa shape index (κ3) is 5.51. The van der Waals surface area contributed by atoms with Gasteiger partial charge in [-0.15, -0.1) is 0 Å². The Morgan fingerprint density at radius 3 is 2.75 bits per heavy atom. The van der Waals surface area contributed by atoms with Crippen molar-refractivity contribution in [2.45, 2.75) is 26.3 Å². The third-order valence-corrected chi connectivity index (χ3v) is 2.08. The van der Waals surface area contributed by atoms with Gasteiger partial charge in [-0.2, -0.15) is 0 Å². The summed E-state index contributed by atoms with van der Waals surface area (Å²) in [6.45, 7) is 3.70. The normalized spacial score (nSPS) is 10.1. The highest BCUT2D eigenvalue weighted by Crippen LogP contribution is 1.98. The van der Waals surface area contributed by atoms with E-state index in [2.05, 4.69) is 5.32 Å². The number of carbonyl (C=O) groups excluding carboxylic acids is 1. The van der Waals surface area contributed by atoms with Crippen molar-refractivity contribution in [2.75, 3.05) is 13.2 Å². The average molecular weight is 220 g/mol. The van der Waals surface area contributed by atoms with Gasteiger partial charge in [0.05, 0.1) is 13.0 Å². The van der Waals surface area contributed by atoms with Gasteiger partial charge in [0, 0.05) is 13.1 Å². The predicted molar refractivity (Wildman–Crippen MR) is 63.0 cm³/mol. The quantitative estimate of drug-likeness (QED) is 0.521. The van der Waals surface area contributed by atoms with Gasteiger partial charge in [-0.3, -0.25) is 4.79 Å². The lowest BCUT2D eigenvalue weighted by atomic mass is 10.2. The molecular weight excluding hydrogens is 202 g/mol. The van der Waals surface area contributed by atoms with Gasteiger partial charge in [0.2, 0.25) is 0 Å². The maximum absolute atomic E-state index is 11.1. The van der Waals surface area contributed by atoms with E-state index in [1.165, 1.54) is 5.56 Å². The Bertz CT molecular complexity index is 298. The number of nitrogens with zero attached hydrogens (tertiary/aromatic N) is 1. The van der Waals surface area contributed by atoms with Gasteiger partial charge in [0.1, 0.15) is 0 Å². The van der Waals surface area contributed by atoms with Gasteiger partial charge >= 0.3 is 5.97 Å². The van der Waals surface area contributed by atoms with E-state index >= 15 is 0 Å². The molecule has 0 aromatic heterocycles. The van der Waals surface area contributed by atoms with Gasteiger partial charge in [0.15, 0.2) is 0 Å². The molecule has 0 atom stereocenters. The van der Waals surface area contributed by atoms with Crippen LogP contribution in [0.4, 0.5) is 0 Å². The predicted octanol–water partition coefficient (Wildman–Crippen LogP) is 2.13. The van der Waals surface area contributed by atoms with Crippen molar-refractivity contribution in [1.82, 2.24) is 5.32 Å². The van der Waals surface area contributed by atoms with Crippen molar-refractivity contribution in [3.05, 3.63) is 35.9 Å². The first-order chi connectivity index (χ1) is 7.83. The highest BCUT2D eigenvalue weighted by molar-refractivity contribution is 5.69. The van der Waals surface area contributed by atoms with Gasteiger partial charge in [0.25, 0.3) is 0 Å². The summed E-state index contributed by atoms with van der Waals surface area (Å²) < 4.78 is 4.94. The number of esters is 1. The second-order valence-electron chi connectivity index (χ2n) is 3.56. The van der Waals surface area contributed by atoms with Crippen molar-refractivity contribution in [3.8, 4) is 0 Å². The van der Waals surface area contributed by atoms with Crippen LogP contribution in [0.3, 0.4) is 0 Å². The van der Waals surface area contributed by atoms with Crippen LogP contribution < -0.4 is 5.32 Å². The van der Waals surface area contributed by atoms with Gasteiger partial charge < -0.3 is 4.74 Å². The summed E-state index contributed by atoms with van der Waals surface area (Å²) >= 11 is 0. The summed E-state index contributed by atoms with van der Waals surface area (Å²) in [6, 6.07) is 10.0. The Kier molecular flexibility index (Phi) is 6.26. The van der Waals surface area contributed by atoms with E-state index in [1.807, 2.05) is 37.3 Å². The number of benzene rings is 1. The lowest BCUT2D eigenvalue weighted by molar-refractivity contribution is -0.143. The van der Waals surface area contributed by atoms with E-state index in [9.17, 15) is 4.79 Å². The summed E-state index contributed by atoms with van der Waals surface area (Å²) in [6.07, 6.45) is 1.25. The Balaban J connectivity index is 2.06. The van der Waals surface area contributed by atoms with Crippen LogP contribution in [0.2, 0.25) is 0 Å². The van der Waals surface area contributed by atoms with Crippen LogP contribution in [-0.4, -0.2) is 19.1 Å². The molecule has 0 saturated heterocycles. The maximum Gasteiger partial charge on any atom is 0.307 e. The maximum atomic E-state index is 11.1. The minimum atomic E-state index is -0.154. The first-order valence-corrected chi connectivity index (χ1v) is 5.65. The molecular formula is C13H18NO2. The van der Waals surface area contributed by atoms with Gasteiger partial charge in [-0.05, 0) is 12.0 Å². The fourth-order valence-corrected chi connectivity index (χ4v) is 1.25. The van der Waals surface area contributed by atoms with Gasteiger partial charge in [-0.1, -0.05) is 37.3 Å². The summed E-state index contributed by atoms with van der Waals surface area (Å²) in [4.78, 5) is 11.1. The molecule has 0 amide bonds. The highest BCUT2D eigenvalue weighted by atomic mass is 16.5. The molecule has 0 unspecified atom stereocenters. The Hall–Kier alpha value is -1.35. The molecule has 0 heterocycles. The number of ether oxygens (including phenoxy) is 1. The number of rotatable bonds is 7. The fraction of sp³-hybridized carbons (Fsp3) is 0.462. The van der Waals surface area contributed by atoms with Crippen molar-refractivity contribution in [3.63, 3.8) is 0 Å². The summed E-state index contributed by atoms with van der Waals surface area (Å²) in [5.74, 6) is -0.154. The van der Waals surface area contributed by atoms with E-state index in [0.717, 1.165) is 6.42 Å². The number of hydrogen-bond donors (Lipinski definition) is 0. The molecule has 1 rings (SSSR count). The minimum absolute atomic E-state index is 0.154. The van der Waals surface area contributed by atoms with Crippen LogP contribution in [0, 0.1) is 0 Å². The minimum Gasteiger partial charge on any atom is -0.466 e. The lowest BCUT2D eigenvalue weighted by Crippen LogP contribution is -2.13. The van der Waals surface area contributed by atoms with E-state index in [-0.39, 0.29) is 5.97 Å². The van der Waals surface area contributed by atoms with Crippen LogP contribution in [0.15, 0.2) is 30.3 Å². The first-order valence-electron chi connectivity index (χ1n) is 5.65. The second-order valence-corrected chi connectivity index (χ2v) is 3.56. The Labute approximate surface area is 96.8 Å². The second kappa shape index (κ2) is 7.88. The molecule has 16 heavy (non-hydrogen) atoms. The summed E-state index contributed by atoms with van der Waals surface area (Å²) in [7, 11) is 0. The lowest BCUT2D eigenvalue weighted by Gasteiger charge is -2.03. The van der Waals surface area contributed by atoms with Crippen molar-refractivity contribution < 1.29 is 9.53 Å². The molecule has 0 spiro atoms. The monoisotopic (exact) mass is 220 g/mol. The number of carbonyl (C=O) groups is 1. The molecule has 87 valence electrons. The zero-order valence-corrected chi connectivity index (χ0v) is 9.69. The van der Waals surface area contributed by atoms with Crippen molar-refractivity contribution in [2.24, 2.45) is 0 Å². The van der Waals surface area contributed by atoms with E-state index < -0.39 is 0 Å². The van der Waals surface area contributed by atoms with Crippen LogP contribution >= 0.6 is 0 Å². The van der Waals surface area contributed by atoms with Gasteiger partial charge in [-0.25, -0.2) is 5.32 Å². The van der Waals surface area contributed by atoms with E-state index in [0.29, 0.717) is 26.1 Å². The van der Waals surface area contributed by atoms with E-state index in [1.54, 1.807) is 0 Å². The van der Waals surface area contributed by atoms with Crippen LogP contribution in [0.25, 0.3) is 0 Å². The molecule has 0 fully saturated rings. The summed E-state index contributed by atoms with van der Waals surface area (Å²) in [5.41, 5.74) is 1.17. The largest absolute Gasteiger partial charge is 0.466 e. The van der Waals surface area contributed by atoms with Crippen molar-refractivity contribution >= 4 is 5.97 Å². The molecule has 0 aliphatic rings. The molecule has 1 radical (unpaired) electrons. The van der Waals surface area contributed by atoms with Crippen LogP contribution in [0.1, 0.15) is 25.3 Å². The van der Waals surface area contributed by atoms with E-state index in [4.69, 9.17) is 4.74 Å². The van der Waals surface area contributed by atoms with Crippen LogP contribution in [0.5, 0.6) is 0 Å². The zero-order chi connectivity index (χ0) is 11.6. The first kappa shape index (κ1) is 12.7. The molecule has 1 aromatic rings. The molecule has 3 nitrogen and oxygen atoms in total. The number of hydrogen-bond acceptors (Lipinski definition) is 2. The molecule has 0 N–H and O–H groups in total. The van der Waals surface area contributed by atoms with Crippen molar-refractivity contribution in [1.29, 1.82) is 0 Å². The zero-order valence-electron chi connectivity index (χ0n) is 9.69. The topological polar surface area (TPSA) is 40.4 Å². The fourth-order valence-electron chi connectivity index (χ4n) is 1.25. The average Bonchev–Trinajstić information content (AvgIpc) is 2.33. The Morgan fingerprint density at radius 2 is 2.06 bits per heavy atom. The summed E-state index contributed by atoms with van der Waals surface area (Å²) in [5, 5.41) is 4.29. The molecule has 3 heteroatoms. The molecule has 1 aromatic carbocycles. The SMILES string of the molecule is CCCOC(=O)CC[N]Cc1ccccc1. The Morgan fingerprint density at radius 1 is 1.31 bits per heavy atom. The highest BCUT2D eigenvalue weighted by Gasteiger charge is 2.01. The third-order valence-electron chi connectivity index (χ3n) is 2.08. The smallest absolute Gasteiger partial charge is 0.307 e. The molecule has 0 aliphatic heterocycles.